The zero-order chi connectivity index (χ0) is 17.7. The summed E-state index contributed by atoms with van der Waals surface area (Å²) in [4.78, 5) is 15.0. The fourth-order valence-electron chi connectivity index (χ4n) is 2.66. The monoisotopic (exact) mass is 347 g/mol. The zero-order valence-electron chi connectivity index (χ0n) is 13.2. The van der Waals surface area contributed by atoms with Crippen molar-refractivity contribution in [3.8, 4) is 0 Å². The highest BCUT2D eigenvalue weighted by Gasteiger charge is 2.42. The molecule has 1 atom stereocenters. The first-order valence-electron chi connectivity index (χ1n) is 7.76. The normalized spacial score (nSPS) is 18.0. The number of carbonyl (C=O) groups excluding carboxylic acids is 1. The van der Waals surface area contributed by atoms with Gasteiger partial charge in [-0.2, -0.15) is 8.78 Å². The maximum absolute atomic E-state index is 13.1. The summed E-state index contributed by atoms with van der Waals surface area (Å²) < 4.78 is 50.6. The van der Waals surface area contributed by atoms with Crippen molar-refractivity contribution in [1.29, 1.82) is 0 Å². The smallest absolute Gasteiger partial charge is 0.319 e. The molecule has 134 valence electrons. The molecule has 1 aliphatic rings. The first-order valence-corrected chi connectivity index (χ1v) is 7.76. The Labute approximate surface area is 138 Å². The highest BCUT2D eigenvalue weighted by Crippen LogP contribution is 2.24. The molecule has 0 saturated carbocycles. The van der Waals surface area contributed by atoms with Crippen LogP contribution in [0.1, 0.15) is 18.0 Å². The Hall–Kier alpha value is -1.67. The first kappa shape index (κ1) is 18.7. The number of carbonyl (C=O) groups is 1. The molecule has 1 unspecified atom stereocenters. The van der Waals surface area contributed by atoms with Crippen molar-refractivity contribution in [2.45, 2.75) is 24.8 Å². The van der Waals surface area contributed by atoms with E-state index < -0.39 is 24.9 Å². The molecule has 1 aromatic carbocycles. The van der Waals surface area contributed by atoms with E-state index in [1.165, 1.54) is 4.90 Å². The number of hydrogen-bond acceptors (Lipinski definition) is 3. The molecule has 1 fully saturated rings. The summed E-state index contributed by atoms with van der Waals surface area (Å²) in [6, 6.07) is 8.76. The summed E-state index contributed by atoms with van der Waals surface area (Å²) in [6.07, 6.45) is -3.56. The molecule has 2 N–H and O–H groups in total. The third-order valence-corrected chi connectivity index (χ3v) is 4.10. The van der Waals surface area contributed by atoms with E-state index in [1.807, 2.05) is 30.3 Å². The molecule has 0 aromatic heterocycles. The lowest BCUT2D eigenvalue weighted by molar-refractivity contribution is -0.148. The fraction of sp³-hybridized carbons (Fsp3) is 0.562. The van der Waals surface area contributed by atoms with Gasteiger partial charge in [-0.25, -0.2) is 8.78 Å². The van der Waals surface area contributed by atoms with Crippen molar-refractivity contribution in [1.82, 2.24) is 9.80 Å². The summed E-state index contributed by atoms with van der Waals surface area (Å²) in [6.45, 7) is -0.223. The molecule has 4 nitrogen and oxygen atoms in total. The second-order valence-corrected chi connectivity index (χ2v) is 5.94. The Bertz CT molecular complexity index is 533. The Kier molecular flexibility index (Phi) is 6.17. The van der Waals surface area contributed by atoms with E-state index in [1.54, 1.807) is 4.90 Å². The number of rotatable bonds is 6. The van der Waals surface area contributed by atoms with Crippen molar-refractivity contribution in [3.63, 3.8) is 0 Å². The van der Waals surface area contributed by atoms with Crippen LogP contribution in [0.2, 0.25) is 0 Å². The molecule has 0 radical (unpaired) electrons. The van der Waals surface area contributed by atoms with Crippen molar-refractivity contribution in [2.24, 2.45) is 5.73 Å². The van der Waals surface area contributed by atoms with Crippen LogP contribution in [0.25, 0.3) is 0 Å². The quantitative estimate of drug-likeness (QED) is 0.802. The van der Waals surface area contributed by atoms with Gasteiger partial charge in [0.05, 0.1) is 6.54 Å². The Morgan fingerprint density at radius 1 is 1.12 bits per heavy atom. The van der Waals surface area contributed by atoms with E-state index in [9.17, 15) is 22.4 Å². The lowest BCUT2D eigenvalue weighted by atomic mass is 10.0. The van der Waals surface area contributed by atoms with Crippen LogP contribution in [0.5, 0.6) is 0 Å². The molecule has 24 heavy (non-hydrogen) atoms. The summed E-state index contributed by atoms with van der Waals surface area (Å²) in [5.41, 5.74) is 6.85. The third-order valence-electron chi connectivity index (χ3n) is 4.10. The number of halogens is 4. The van der Waals surface area contributed by atoms with E-state index in [4.69, 9.17) is 5.73 Å². The molecule has 2 rings (SSSR count). The molecule has 0 spiro atoms. The van der Waals surface area contributed by atoms with Crippen LogP contribution in [0.15, 0.2) is 30.3 Å². The van der Waals surface area contributed by atoms with E-state index in [-0.39, 0.29) is 38.5 Å². The van der Waals surface area contributed by atoms with Crippen molar-refractivity contribution in [2.75, 3.05) is 32.7 Å². The van der Waals surface area contributed by atoms with E-state index >= 15 is 0 Å². The van der Waals surface area contributed by atoms with Crippen LogP contribution in [0.4, 0.5) is 17.6 Å². The van der Waals surface area contributed by atoms with Crippen molar-refractivity contribution in [3.05, 3.63) is 35.9 Å². The molecule has 1 saturated heterocycles. The number of hydrogen-bond donors (Lipinski definition) is 1. The standard InChI is InChI=1S/C16H21F4N3O/c17-15(18)16(19,20)11-22-6-8-23(9-7-22)14(24)10-13(21)12-4-2-1-3-5-12/h1-5,13,15H,6-11,21H2. The number of nitrogens with zero attached hydrogens (tertiary/aromatic N) is 2. The summed E-state index contributed by atoms with van der Waals surface area (Å²) in [7, 11) is 0. The van der Waals surface area contributed by atoms with Gasteiger partial charge in [-0.1, -0.05) is 30.3 Å². The molecular weight excluding hydrogens is 326 g/mol. The van der Waals surface area contributed by atoms with Gasteiger partial charge in [-0.3, -0.25) is 9.69 Å². The average molecular weight is 347 g/mol. The van der Waals surface area contributed by atoms with Gasteiger partial charge in [0.15, 0.2) is 0 Å². The van der Waals surface area contributed by atoms with E-state index in [0.29, 0.717) is 0 Å². The topological polar surface area (TPSA) is 49.6 Å². The molecule has 8 heteroatoms. The van der Waals surface area contributed by atoms with Gasteiger partial charge in [0.2, 0.25) is 5.91 Å². The lowest BCUT2D eigenvalue weighted by Crippen LogP contribution is -2.53. The number of amides is 1. The minimum Gasteiger partial charge on any atom is -0.340 e. The third kappa shape index (κ3) is 4.91. The van der Waals surface area contributed by atoms with Gasteiger partial charge in [-0.05, 0) is 5.56 Å². The first-order chi connectivity index (χ1) is 11.3. The molecule has 0 bridgehead atoms. The van der Waals surface area contributed by atoms with Crippen molar-refractivity contribution >= 4 is 5.91 Å². The van der Waals surface area contributed by atoms with Crippen molar-refractivity contribution < 1.29 is 22.4 Å². The lowest BCUT2D eigenvalue weighted by Gasteiger charge is -2.36. The van der Waals surface area contributed by atoms with Gasteiger partial charge < -0.3 is 10.6 Å². The second-order valence-electron chi connectivity index (χ2n) is 5.94. The molecule has 1 aromatic rings. The molecule has 1 heterocycles. The van der Waals surface area contributed by atoms with Crippen LogP contribution in [-0.4, -0.2) is 60.8 Å². The van der Waals surface area contributed by atoms with Crippen LogP contribution < -0.4 is 5.73 Å². The fourth-order valence-corrected chi connectivity index (χ4v) is 2.66. The van der Waals surface area contributed by atoms with E-state index in [2.05, 4.69) is 0 Å². The molecule has 1 aliphatic heterocycles. The zero-order valence-corrected chi connectivity index (χ0v) is 13.2. The van der Waals surface area contributed by atoms with Gasteiger partial charge in [0.25, 0.3) is 0 Å². The largest absolute Gasteiger partial charge is 0.340 e. The molecule has 1 amide bonds. The van der Waals surface area contributed by atoms with Gasteiger partial charge in [-0.15, -0.1) is 0 Å². The average Bonchev–Trinajstić information content (AvgIpc) is 2.55. The Morgan fingerprint density at radius 2 is 1.71 bits per heavy atom. The number of nitrogens with two attached hydrogens (primary N) is 1. The highest BCUT2D eigenvalue weighted by atomic mass is 19.3. The number of piperazine rings is 1. The predicted octanol–water partition coefficient (Wildman–Crippen LogP) is 2.12. The molecular formula is C16H21F4N3O. The number of alkyl halides is 4. The highest BCUT2D eigenvalue weighted by molar-refractivity contribution is 5.77. The Balaban J connectivity index is 1.80. The van der Waals surface area contributed by atoms with Gasteiger partial charge in [0.1, 0.15) is 0 Å². The minimum atomic E-state index is -4.03. The SMILES string of the molecule is NC(CC(=O)N1CCN(CC(F)(F)C(F)F)CC1)c1ccccc1. The second kappa shape index (κ2) is 7.94. The summed E-state index contributed by atoms with van der Waals surface area (Å²) in [5.74, 6) is -4.19. The molecule has 0 aliphatic carbocycles. The predicted molar refractivity (Wildman–Crippen MR) is 82.0 cm³/mol. The van der Waals surface area contributed by atoms with Gasteiger partial charge in [0, 0.05) is 38.6 Å². The van der Waals surface area contributed by atoms with E-state index in [0.717, 1.165) is 5.56 Å². The Morgan fingerprint density at radius 3 is 2.25 bits per heavy atom. The maximum atomic E-state index is 13.1. The van der Waals surface area contributed by atoms with Crippen LogP contribution >= 0.6 is 0 Å². The summed E-state index contributed by atoms with van der Waals surface area (Å²) in [5, 5.41) is 0. The maximum Gasteiger partial charge on any atom is 0.319 e. The number of benzene rings is 1. The van der Waals surface area contributed by atoms with Crippen LogP contribution in [0, 0.1) is 0 Å². The summed E-state index contributed by atoms with van der Waals surface area (Å²) >= 11 is 0. The van der Waals surface area contributed by atoms with Crippen LogP contribution in [0.3, 0.4) is 0 Å². The van der Waals surface area contributed by atoms with Crippen LogP contribution in [-0.2, 0) is 4.79 Å². The van der Waals surface area contributed by atoms with Gasteiger partial charge >= 0.3 is 12.3 Å². The minimum absolute atomic E-state index is 0.122.